The molecule has 3 nitrogen and oxygen atoms in total. The average molecular weight is 399 g/mol. The van der Waals surface area contributed by atoms with Crippen LogP contribution in [0.1, 0.15) is 5.56 Å². The fourth-order valence-corrected chi connectivity index (χ4v) is 3.53. The van der Waals surface area contributed by atoms with Crippen LogP contribution in [0.5, 0.6) is 0 Å². The van der Waals surface area contributed by atoms with E-state index in [2.05, 4.69) is 5.32 Å². The zero-order valence-electron chi connectivity index (χ0n) is 12.3. The van der Waals surface area contributed by atoms with E-state index in [0.717, 1.165) is 41.3 Å². The molecule has 0 radical (unpaired) electrons. The summed E-state index contributed by atoms with van der Waals surface area (Å²) in [6, 6.07) is 10.8. The molecule has 0 aliphatic carbocycles. The number of benzene rings is 2. The lowest BCUT2D eigenvalue weighted by Gasteiger charge is -2.09. The molecule has 2 aromatic carbocycles. The molecule has 7 heteroatoms. The maximum Gasteiger partial charge on any atom is 0.133 e. The predicted octanol–water partition coefficient (Wildman–Crippen LogP) is 6.12. The summed E-state index contributed by atoms with van der Waals surface area (Å²) >= 11 is 24.7. The topological polar surface area (TPSA) is 29.9 Å². The van der Waals surface area contributed by atoms with Crippen LogP contribution in [0.4, 0.5) is 5.82 Å². The van der Waals surface area contributed by atoms with Gasteiger partial charge >= 0.3 is 0 Å². The molecule has 0 amide bonds. The lowest BCUT2D eigenvalue weighted by atomic mass is 10.1. The predicted molar refractivity (Wildman–Crippen MR) is 101 cm³/mol. The summed E-state index contributed by atoms with van der Waals surface area (Å²) in [5.74, 6) is 0.931. The minimum atomic E-state index is 0.504. The number of halogens is 4. The molecule has 0 bridgehead atoms. The Bertz CT molecular complexity index is 949. The summed E-state index contributed by atoms with van der Waals surface area (Å²) in [6.07, 6.45) is 0.878. The highest BCUT2D eigenvalue weighted by Crippen LogP contribution is 2.38. The molecule has 0 atom stereocenters. The van der Waals surface area contributed by atoms with Gasteiger partial charge in [0.25, 0.3) is 0 Å². The summed E-state index contributed by atoms with van der Waals surface area (Å²) in [4.78, 5) is 0. The van der Waals surface area contributed by atoms with Crippen LogP contribution in [0.15, 0.2) is 36.4 Å². The largest absolute Gasteiger partial charge is 0.369 e. The fraction of sp³-hybridized carbons (Fsp3) is 0.118. The van der Waals surface area contributed by atoms with Gasteiger partial charge in [-0.05, 0) is 36.8 Å². The first-order chi connectivity index (χ1) is 11.5. The van der Waals surface area contributed by atoms with E-state index in [4.69, 9.17) is 51.5 Å². The number of nitrogens with zero attached hydrogens (tertiary/aromatic N) is 2. The Balaban J connectivity index is 1.92. The van der Waals surface area contributed by atoms with E-state index in [-0.39, 0.29) is 0 Å². The van der Waals surface area contributed by atoms with E-state index < -0.39 is 0 Å². The van der Waals surface area contributed by atoms with Gasteiger partial charge < -0.3 is 5.32 Å². The zero-order chi connectivity index (χ0) is 16.8. The molecular weight excluding hydrogens is 388 g/mol. The maximum atomic E-state index is 6.35. The second-order valence-corrected chi connectivity index (χ2v) is 7.15. The first-order valence-electron chi connectivity index (χ1n) is 7.31. The molecule has 1 aromatic heterocycles. The quantitative estimate of drug-likeness (QED) is 0.563. The highest BCUT2D eigenvalue weighted by Gasteiger charge is 2.25. The summed E-state index contributed by atoms with van der Waals surface area (Å²) in [6.45, 7) is 0.847. The maximum absolute atomic E-state index is 6.35. The third kappa shape index (κ3) is 2.66. The number of rotatable bonds is 2. The second kappa shape index (κ2) is 6.16. The number of hydrogen-bond donors (Lipinski definition) is 1. The van der Waals surface area contributed by atoms with Gasteiger partial charge in [0.05, 0.1) is 26.4 Å². The van der Waals surface area contributed by atoms with Crippen molar-refractivity contribution < 1.29 is 0 Å². The van der Waals surface area contributed by atoms with Gasteiger partial charge in [0.1, 0.15) is 5.82 Å². The summed E-state index contributed by atoms with van der Waals surface area (Å²) in [7, 11) is 0. The molecule has 0 saturated carbocycles. The van der Waals surface area contributed by atoms with E-state index in [0.29, 0.717) is 20.1 Å². The molecule has 0 fully saturated rings. The molecule has 0 saturated heterocycles. The van der Waals surface area contributed by atoms with Crippen molar-refractivity contribution in [2.24, 2.45) is 0 Å². The molecule has 1 N–H and O–H groups in total. The number of anilines is 1. The smallest absolute Gasteiger partial charge is 0.133 e. The Morgan fingerprint density at radius 3 is 2.50 bits per heavy atom. The van der Waals surface area contributed by atoms with Gasteiger partial charge in [-0.25, -0.2) is 4.68 Å². The van der Waals surface area contributed by atoms with Gasteiger partial charge in [-0.3, -0.25) is 0 Å². The van der Waals surface area contributed by atoms with Crippen molar-refractivity contribution in [3.63, 3.8) is 0 Å². The normalized spacial score (nSPS) is 13.0. The summed E-state index contributed by atoms with van der Waals surface area (Å²) in [5.41, 5.74) is 3.65. The van der Waals surface area contributed by atoms with Crippen molar-refractivity contribution in [3.8, 4) is 16.9 Å². The molecule has 24 heavy (non-hydrogen) atoms. The molecule has 0 unspecified atom stereocenters. The Hall–Kier alpha value is -1.39. The Labute approximate surface area is 159 Å². The third-order valence-corrected chi connectivity index (χ3v) is 5.27. The van der Waals surface area contributed by atoms with Crippen LogP contribution in [-0.4, -0.2) is 16.3 Å². The van der Waals surface area contributed by atoms with Crippen molar-refractivity contribution >= 4 is 52.2 Å². The summed E-state index contributed by atoms with van der Waals surface area (Å²) < 4.78 is 1.80. The molecule has 1 aliphatic rings. The first-order valence-corrected chi connectivity index (χ1v) is 8.82. The van der Waals surface area contributed by atoms with Crippen molar-refractivity contribution in [3.05, 3.63) is 62.1 Å². The van der Waals surface area contributed by atoms with Gasteiger partial charge in [0.15, 0.2) is 0 Å². The Kier molecular flexibility index (Phi) is 4.13. The van der Waals surface area contributed by atoms with Crippen molar-refractivity contribution in [2.75, 3.05) is 11.9 Å². The monoisotopic (exact) mass is 397 g/mol. The van der Waals surface area contributed by atoms with Crippen LogP contribution in [0.2, 0.25) is 20.1 Å². The van der Waals surface area contributed by atoms with E-state index in [1.807, 2.05) is 12.1 Å². The lowest BCUT2D eigenvalue weighted by molar-refractivity contribution is 0.883. The third-order valence-electron chi connectivity index (χ3n) is 3.98. The van der Waals surface area contributed by atoms with E-state index >= 15 is 0 Å². The molecule has 4 rings (SSSR count). The van der Waals surface area contributed by atoms with Crippen LogP contribution in [0, 0.1) is 0 Å². The molecule has 1 aliphatic heterocycles. The molecule has 0 spiro atoms. The number of fused-ring (bicyclic) bond motifs is 1. The number of nitrogens with one attached hydrogen (secondary N) is 1. The van der Waals surface area contributed by atoms with E-state index in [9.17, 15) is 0 Å². The van der Waals surface area contributed by atoms with E-state index in [1.54, 1.807) is 28.9 Å². The fourth-order valence-electron chi connectivity index (χ4n) is 2.87. The van der Waals surface area contributed by atoms with Gasteiger partial charge in [-0.1, -0.05) is 52.5 Å². The van der Waals surface area contributed by atoms with Crippen LogP contribution < -0.4 is 5.32 Å². The molecule has 122 valence electrons. The second-order valence-electron chi connectivity index (χ2n) is 5.49. The Morgan fingerprint density at radius 2 is 1.71 bits per heavy atom. The van der Waals surface area contributed by atoms with Gasteiger partial charge in [0.2, 0.25) is 0 Å². The highest BCUT2D eigenvalue weighted by atomic mass is 35.5. The van der Waals surface area contributed by atoms with Crippen molar-refractivity contribution in [1.29, 1.82) is 0 Å². The lowest BCUT2D eigenvalue weighted by Crippen LogP contribution is -2.04. The Morgan fingerprint density at radius 1 is 0.917 bits per heavy atom. The molecular formula is C17H11Cl4N3. The van der Waals surface area contributed by atoms with Crippen LogP contribution in [-0.2, 0) is 6.42 Å². The molecule has 2 heterocycles. The summed E-state index contributed by atoms with van der Waals surface area (Å²) in [5, 5.41) is 10.3. The van der Waals surface area contributed by atoms with Crippen LogP contribution >= 0.6 is 46.4 Å². The minimum absolute atomic E-state index is 0.504. The SMILES string of the molecule is Clc1ccc(Cl)c(-n2nc(-c3ccc(Cl)c(Cl)c3)c3c2NCC3)c1. The number of hydrogen-bond acceptors (Lipinski definition) is 2. The van der Waals surface area contributed by atoms with Gasteiger partial charge in [0, 0.05) is 22.7 Å². The minimum Gasteiger partial charge on any atom is -0.369 e. The van der Waals surface area contributed by atoms with Gasteiger partial charge in [-0.2, -0.15) is 5.10 Å². The molecule has 3 aromatic rings. The van der Waals surface area contributed by atoms with Crippen molar-refractivity contribution in [2.45, 2.75) is 6.42 Å². The van der Waals surface area contributed by atoms with E-state index in [1.165, 1.54) is 0 Å². The van der Waals surface area contributed by atoms with Crippen molar-refractivity contribution in [1.82, 2.24) is 9.78 Å². The standard InChI is InChI=1S/C17H11Cl4N3/c18-10-2-4-13(20)15(8-10)24-17-11(5-6-22-17)16(23-24)9-1-3-12(19)14(21)7-9/h1-4,7-8,22H,5-6H2. The average Bonchev–Trinajstić information content (AvgIpc) is 3.15. The zero-order valence-corrected chi connectivity index (χ0v) is 15.3. The first kappa shape index (κ1) is 16.1. The van der Waals surface area contributed by atoms with Gasteiger partial charge in [-0.15, -0.1) is 0 Å². The number of aromatic nitrogens is 2. The van der Waals surface area contributed by atoms with Crippen LogP contribution in [0.3, 0.4) is 0 Å². The van der Waals surface area contributed by atoms with Crippen LogP contribution in [0.25, 0.3) is 16.9 Å². The highest BCUT2D eigenvalue weighted by molar-refractivity contribution is 6.42.